The van der Waals surface area contributed by atoms with Gasteiger partial charge in [0.05, 0.1) is 36.6 Å². The van der Waals surface area contributed by atoms with Crippen LogP contribution in [0.25, 0.3) is 0 Å². The van der Waals surface area contributed by atoms with Gasteiger partial charge in [-0.3, -0.25) is 38.4 Å². The average molecular weight is 1830 g/mol. The Morgan fingerprint density at radius 1 is 0.295 bits per heavy atom. The molecule has 0 radical (unpaired) electrons. The Morgan fingerprint density at radius 2 is 0.583 bits per heavy atom. The summed E-state index contributed by atoms with van der Waals surface area (Å²) < 4.78 is 316. The Bertz CT molecular complexity index is 7840. The highest BCUT2D eigenvalue weighted by atomic mass is 16.4. The molecule has 0 spiro atoms. The molecule has 0 fully saturated rings. The van der Waals surface area contributed by atoms with Crippen molar-refractivity contribution in [1.82, 2.24) is 39.9 Å². The Labute approximate surface area is 825 Å². The number of amides is 4. The van der Waals surface area contributed by atoms with Gasteiger partial charge in [-0.25, -0.2) is 39.9 Å². The summed E-state index contributed by atoms with van der Waals surface area (Å²) >= 11 is 0. The number of aryl methyl sites for hydroxylation is 3. The van der Waals surface area contributed by atoms with Gasteiger partial charge in [-0.15, -0.1) is 0 Å². The number of hydrogen-bond acceptors (Lipinski definition) is 24. The van der Waals surface area contributed by atoms with Crippen molar-refractivity contribution in [3.8, 4) is 0 Å². The standard InChI is InChI=1S/4C25H29N5O3/c4*1-16-6-10-18(11-7-16)25(33)26-19-12-8-17(9-13-19)14-21-27-23(29(2)3)20(15-22(31)32)24(28-21)30(4)5/h4*6-13H,14-15H2,1-5H3,(H,26,33)(H,31,32)/i2D3,3D3,6D,7D,8D,9D,10D,11D,12D,13D,14D2,15D2;2D3,3D3,14D2,15D2;2D3,3D3;2D3/hD2. The normalized spacial score (nSPS) is 16.0. The van der Waals surface area contributed by atoms with Gasteiger partial charge in [0.15, 0.2) is 2.82 Å². The van der Waals surface area contributed by atoms with Gasteiger partial charge in [0, 0.05) is 245 Å². The van der Waals surface area contributed by atoms with E-state index < -0.39 is 245 Å². The van der Waals surface area contributed by atoms with Crippen LogP contribution in [-0.4, -0.2) is 220 Å². The van der Waals surface area contributed by atoms with Crippen LogP contribution in [0.5, 0.6) is 0 Å². The number of nitrogens with one attached hydrogen (secondary N) is 4. The minimum Gasteiger partial charge on any atom is -0.481 e. The molecule has 4 heterocycles. The first kappa shape index (κ1) is 57.9. The summed E-state index contributed by atoms with van der Waals surface area (Å²) in [7, 11) is 12.8. The summed E-state index contributed by atoms with van der Waals surface area (Å²) in [6.07, 6.45) is -13.9. The van der Waals surface area contributed by atoms with Gasteiger partial charge < -0.3 is 80.9 Å². The first-order valence-corrected chi connectivity index (χ1v) is 39.1. The fourth-order valence-electron chi connectivity index (χ4n) is 11.8. The summed E-state index contributed by atoms with van der Waals surface area (Å²) in [6.45, 7) is -16.2. The Balaban J connectivity index is 0.000000252. The predicted molar refractivity (Wildman–Crippen MR) is 522 cm³/mol. The second-order valence-corrected chi connectivity index (χ2v) is 29.4. The van der Waals surface area contributed by atoms with E-state index in [0.29, 0.717) is 45.0 Å². The summed E-state index contributed by atoms with van der Waals surface area (Å²) in [5.41, 5.74) is 1.44. The number of hydrogen-bond donors (Lipinski definition) is 8. The number of carboxylic acids is 4. The van der Waals surface area contributed by atoms with Crippen molar-refractivity contribution < 1.29 is 112 Å². The topological polar surface area (TPSA) is 395 Å². The van der Waals surface area contributed by atoms with Crippen molar-refractivity contribution in [2.75, 3.05) is 173 Å². The minimum absolute atomic E-state index is 0.0491. The molecule has 0 aliphatic rings. The van der Waals surface area contributed by atoms with Crippen LogP contribution < -0.4 is 60.5 Å². The molecule has 12 aromatic rings. The third kappa shape index (κ3) is 29.1. The maximum atomic E-state index is 13.3. The zero-order valence-corrected chi connectivity index (χ0v) is 73.3. The average Bonchev–Trinajstić information content (AvgIpc) is 0.719. The maximum absolute atomic E-state index is 13.3. The summed E-state index contributed by atoms with van der Waals surface area (Å²) in [4.78, 5) is 137. The third-order valence-corrected chi connectivity index (χ3v) is 18.0. The fourth-order valence-corrected chi connectivity index (χ4v) is 11.8. The fraction of sp³-hybridized carbons (Fsp3) is 0.280. The van der Waals surface area contributed by atoms with Gasteiger partial charge in [-0.05, 0) is 147 Å². The maximum Gasteiger partial charge on any atom is 0.308 e. The van der Waals surface area contributed by atoms with Crippen LogP contribution in [0, 0.1) is 27.7 Å². The van der Waals surface area contributed by atoms with Gasteiger partial charge in [0.1, 0.15) is 69.8 Å². The van der Waals surface area contributed by atoms with Crippen LogP contribution >= 0.6 is 0 Å². The number of aromatic nitrogens is 8. The van der Waals surface area contributed by atoms with E-state index in [2.05, 4.69) is 50.5 Å². The van der Waals surface area contributed by atoms with E-state index in [-0.39, 0.29) is 90.7 Å². The number of nitrogens with zero attached hydrogens (tertiary/aromatic N) is 16. The first-order chi connectivity index (χ1) is 78.3. The summed E-state index contributed by atoms with van der Waals surface area (Å²) in [5.74, 6) is -15.1. The molecule has 8 aromatic carbocycles. The van der Waals surface area contributed by atoms with Crippen LogP contribution in [0.15, 0.2) is 194 Å². The second-order valence-electron chi connectivity index (χ2n) is 29.4. The number of carbonyl (C=O) groups excluding carboxylic acids is 4. The number of rotatable bonds is 32. The van der Waals surface area contributed by atoms with Crippen molar-refractivity contribution in [2.45, 2.75) is 78.9 Å². The molecule has 0 saturated carbocycles. The largest absolute Gasteiger partial charge is 0.481 e. The van der Waals surface area contributed by atoms with E-state index in [1.807, 2.05) is 57.2 Å². The lowest BCUT2D eigenvalue weighted by Gasteiger charge is -2.22. The van der Waals surface area contributed by atoms with Gasteiger partial charge in [-0.2, -0.15) is 0 Å². The number of carbonyl (C=O) groups is 8. The van der Waals surface area contributed by atoms with Crippen LogP contribution in [0.1, 0.15) is 182 Å². The van der Waals surface area contributed by atoms with Gasteiger partial charge in [0.25, 0.3) is 23.6 Å². The van der Waals surface area contributed by atoms with E-state index >= 15 is 0 Å². The molecule has 0 atom stereocenters. The first-order valence-electron chi connectivity index (χ1n) is 58.5. The molecular formula is C100H116N20O12. The lowest BCUT2D eigenvalue weighted by molar-refractivity contribution is -0.137. The molecule has 0 aliphatic heterocycles. The lowest BCUT2D eigenvalue weighted by Crippen LogP contribution is -2.22. The highest BCUT2D eigenvalue weighted by Gasteiger charge is 2.26. The lowest BCUT2D eigenvalue weighted by atomic mass is 10.1. The molecule has 688 valence electrons. The number of benzene rings is 8. The smallest absolute Gasteiger partial charge is 0.308 e. The number of aliphatic carboxylic acids is 4. The highest BCUT2D eigenvalue weighted by molar-refractivity contribution is 6.06. The van der Waals surface area contributed by atoms with Crippen molar-refractivity contribution in [2.24, 2.45) is 0 Å². The van der Waals surface area contributed by atoms with Crippen LogP contribution in [0.4, 0.5) is 69.3 Å². The van der Waals surface area contributed by atoms with Crippen molar-refractivity contribution in [1.29, 1.82) is 0 Å². The number of anilines is 12. The predicted octanol–water partition coefficient (Wildman–Crippen LogP) is 13.5. The SMILES string of the molecule is [2H]C([2H])([2H])N(C)c1nc(Cc2ccc(NC(=O)c3ccc(C)cc3)cc2)nc(N(C)C)c1CC(=O)O.[2H]C([2H])([2H])N(c1nc(Cc2ccc(NC(=O)c3ccc(C)cc3)cc2)nc(N(C)C)c1CC(=O)O)C([2H])([2H])[2H].[2H]N(C(=O)c1ccc(C)cc1)c1ccc(C([2H])([2H])c2nc(N(C)C)c(C([2H])([2H])C(=O)O)c(N(C([2H])([2H])[2H])C([2H])([2H])[2H])n2)cc1.[2H]c1c([2H])c(C(=O)N([2H])c2c([2H])c([2H])c(C([2H])([2H])c3nc(N(C)C)c(C([2H])([2H])C(=O)O)c(N(C([2H])([2H])[2H])C([2H])([2H])[2H])n3)c([2H])c2[2H])c([2H])c([2H])c1C. The molecule has 0 saturated heterocycles. The molecular weight excluding hydrogens is 1670 g/mol. The molecule has 0 unspecified atom stereocenters. The highest BCUT2D eigenvalue weighted by Crippen LogP contribution is 2.33. The molecule has 4 amide bonds. The molecule has 4 aromatic heterocycles. The molecule has 32 nitrogen and oxygen atoms in total. The third-order valence-electron chi connectivity index (χ3n) is 18.0. The second kappa shape index (κ2) is 46.3. The molecule has 12 rings (SSSR count). The Kier molecular flexibility index (Phi) is 20.3. The monoisotopic (exact) mass is 1830 g/mol. The van der Waals surface area contributed by atoms with E-state index in [0.717, 1.165) is 51.0 Å². The molecule has 132 heavy (non-hydrogen) atoms. The van der Waals surface area contributed by atoms with Crippen molar-refractivity contribution >= 4 is 117 Å². The molecule has 32 heteroatoms. The quantitative estimate of drug-likeness (QED) is 0.0194. The minimum atomic E-state index is -3.71. The van der Waals surface area contributed by atoms with Crippen LogP contribution in [0.2, 0.25) is 2.82 Å². The summed E-state index contributed by atoms with van der Waals surface area (Å²) in [5, 5.41) is 44.3. The van der Waals surface area contributed by atoms with E-state index in [1.165, 1.54) is 57.2 Å². The Hall–Kier alpha value is -15.8. The number of carboxylic acid groups (broad SMARTS) is 4. The van der Waals surface area contributed by atoms with Crippen LogP contribution in [0.3, 0.4) is 0 Å². The van der Waals surface area contributed by atoms with E-state index in [1.54, 1.807) is 118 Å². The van der Waals surface area contributed by atoms with E-state index in [9.17, 15) is 58.8 Å². The summed E-state index contributed by atoms with van der Waals surface area (Å²) in [6, 6.07) is 31.9. The van der Waals surface area contributed by atoms with Gasteiger partial charge in [0.2, 0.25) is 0 Å². The molecule has 0 bridgehead atoms. The van der Waals surface area contributed by atoms with Crippen LogP contribution in [-0.2, 0) is 70.4 Å². The van der Waals surface area contributed by atoms with Gasteiger partial charge in [-0.1, -0.05) is 119 Å². The zero-order chi connectivity index (χ0) is 130. The molecule has 0 aliphatic carbocycles. The zero-order valence-electron chi connectivity index (χ0n) is 112. The van der Waals surface area contributed by atoms with E-state index in [4.69, 9.17) is 53.5 Å². The van der Waals surface area contributed by atoms with Crippen molar-refractivity contribution in [3.63, 3.8) is 0 Å². The molecule has 8 N–H and O–H groups in total. The van der Waals surface area contributed by atoms with Gasteiger partial charge >= 0.3 is 23.9 Å². The Morgan fingerprint density at radius 3 is 0.924 bits per heavy atom. The van der Waals surface area contributed by atoms with Crippen molar-refractivity contribution in [3.05, 3.63) is 306 Å².